The molecule has 0 bridgehead atoms. The van der Waals surface area contributed by atoms with Gasteiger partial charge in [0.05, 0.1) is 18.3 Å². The SMILES string of the molecule is CCCC(COC)NCc1ccn(C2CCCCC2)n1. The topological polar surface area (TPSA) is 39.1 Å². The van der Waals surface area contributed by atoms with E-state index in [1.54, 1.807) is 7.11 Å². The van der Waals surface area contributed by atoms with Crippen LogP contribution in [0, 0.1) is 0 Å². The first-order valence-electron chi connectivity index (χ1n) is 8.09. The maximum atomic E-state index is 5.26. The summed E-state index contributed by atoms with van der Waals surface area (Å²) < 4.78 is 7.44. The van der Waals surface area contributed by atoms with Gasteiger partial charge >= 0.3 is 0 Å². The third-order valence-electron chi connectivity index (χ3n) is 4.19. The Bertz CT molecular complexity index is 366. The van der Waals surface area contributed by atoms with Crippen molar-refractivity contribution in [2.75, 3.05) is 13.7 Å². The summed E-state index contributed by atoms with van der Waals surface area (Å²) in [5, 5.41) is 8.29. The van der Waals surface area contributed by atoms with E-state index in [-0.39, 0.29) is 0 Å². The maximum Gasteiger partial charge on any atom is 0.0762 e. The summed E-state index contributed by atoms with van der Waals surface area (Å²) in [6, 6.07) is 3.21. The minimum Gasteiger partial charge on any atom is -0.383 e. The molecule has 1 unspecified atom stereocenters. The van der Waals surface area contributed by atoms with E-state index in [9.17, 15) is 0 Å². The summed E-state index contributed by atoms with van der Waals surface area (Å²) >= 11 is 0. The Labute approximate surface area is 122 Å². The second-order valence-electron chi connectivity index (χ2n) is 5.90. The lowest BCUT2D eigenvalue weighted by atomic mass is 9.96. The molecule has 4 heteroatoms. The van der Waals surface area contributed by atoms with Crippen LogP contribution in [-0.4, -0.2) is 29.5 Å². The van der Waals surface area contributed by atoms with Crippen LogP contribution in [0.15, 0.2) is 12.3 Å². The fourth-order valence-corrected chi connectivity index (χ4v) is 3.06. The van der Waals surface area contributed by atoms with E-state index in [2.05, 4.69) is 29.2 Å². The van der Waals surface area contributed by atoms with Crippen LogP contribution >= 0.6 is 0 Å². The zero-order chi connectivity index (χ0) is 14.2. The number of hydrogen-bond acceptors (Lipinski definition) is 3. The molecule has 1 aliphatic carbocycles. The molecule has 0 spiro atoms. The molecule has 0 saturated heterocycles. The van der Waals surface area contributed by atoms with Gasteiger partial charge in [-0.1, -0.05) is 32.6 Å². The van der Waals surface area contributed by atoms with Crippen molar-refractivity contribution in [1.82, 2.24) is 15.1 Å². The van der Waals surface area contributed by atoms with Crippen molar-refractivity contribution >= 4 is 0 Å². The largest absolute Gasteiger partial charge is 0.383 e. The van der Waals surface area contributed by atoms with Crippen molar-refractivity contribution in [1.29, 1.82) is 0 Å². The van der Waals surface area contributed by atoms with Gasteiger partial charge in [-0.25, -0.2) is 0 Å². The summed E-state index contributed by atoms with van der Waals surface area (Å²) in [6.45, 7) is 3.83. The first-order valence-corrected chi connectivity index (χ1v) is 8.09. The average Bonchev–Trinajstić information content (AvgIpc) is 2.95. The fourth-order valence-electron chi connectivity index (χ4n) is 3.06. The number of rotatable bonds is 8. The van der Waals surface area contributed by atoms with E-state index in [1.807, 2.05) is 0 Å². The molecule has 0 radical (unpaired) electrons. The van der Waals surface area contributed by atoms with Crippen LogP contribution in [0.2, 0.25) is 0 Å². The van der Waals surface area contributed by atoms with Crippen LogP contribution in [0.4, 0.5) is 0 Å². The maximum absolute atomic E-state index is 5.26. The second-order valence-corrected chi connectivity index (χ2v) is 5.90. The smallest absolute Gasteiger partial charge is 0.0762 e. The van der Waals surface area contributed by atoms with Crippen molar-refractivity contribution in [2.45, 2.75) is 70.5 Å². The highest BCUT2D eigenvalue weighted by Crippen LogP contribution is 2.27. The van der Waals surface area contributed by atoms with E-state index in [0.717, 1.165) is 25.3 Å². The molecule has 1 aromatic rings. The number of hydrogen-bond donors (Lipinski definition) is 1. The quantitative estimate of drug-likeness (QED) is 0.793. The molecule has 1 aromatic heterocycles. The fraction of sp³-hybridized carbons (Fsp3) is 0.812. The third-order valence-corrected chi connectivity index (χ3v) is 4.19. The molecule has 1 aliphatic rings. The van der Waals surface area contributed by atoms with Gasteiger partial charge in [-0.15, -0.1) is 0 Å². The van der Waals surface area contributed by atoms with Crippen LogP contribution in [-0.2, 0) is 11.3 Å². The molecular formula is C16H29N3O. The third kappa shape index (κ3) is 4.60. The Hall–Kier alpha value is -0.870. The molecule has 0 aromatic carbocycles. The molecule has 0 aliphatic heterocycles. The van der Waals surface area contributed by atoms with E-state index in [1.165, 1.54) is 38.5 Å². The van der Waals surface area contributed by atoms with Crippen LogP contribution in [0.1, 0.15) is 63.6 Å². The summed E-state index contributed by atoms with van der Waals surface area (Å²) in [5.74, 6) is 0. The van der Waals surface area contributed by atoms with Gasteiger partial charge in [-0.3, -0.25) is 4.68 Å². The molecule has 2 rings (SSSR count). The highest BCUT2D eigenvalue weighted by atomic mass is 16.5. The molecule has 0 amide bonds. The minimum atomic E-state index is 0.435. The molecule has 1 atom stereocenters. The van der Waals surface area contributed by atoms with E-state index in [4.69, 9.17) is 9.84 Å². The minimum absolute atomic E-state index is 0.435. The number of nitrogens with zero attached hydrogens (tertiary/aromatic N) is 2. The van der Waals surface area contributed by atoms with Gasteiger partial charge in [0.1, 0.15) is 0 Å². The first-order chi connectivity index (χ1) is 9.83. The highest BCUT2D eigenvalue weighted by molar-refractivity contribution is 5.00. The van der Waals surface area contributed by atoms with Gasteiger partial charge in [0.2, 0.25) is 0 Å². The van der Waals surface area contributed by atoms with Gasteiger partial charge < -0.3 is 10.1 Å². The normalized spacial score (nSPS) is 18.3. The standard InChI is InChI=1S/C16H29N3O/c1-3-7-15(13-20-2)17-12-14-10-11-19(18-14)16-8-5-4-6-9-16/h10-11,15-17H,3-9,12-13H2,1-2H3. The number of nitrogens with one attached hydrogen (secondary N) is 1. The molecule has 4 nitrogen and oxygen atoms in total. The van der Waals surface area contributed by atoms with Gasteiger partial charge in [0.15, 0.2) is 0 Å². The Morgan fingerprint density at radius 3 is 2.90 bits per heavy atom. The molecule has 1 N–H and O–H groups in total. The van der Waals surface area contributed by atoms with Crippen LogP contribution in [0.5, 0.6) is 0 Å². The molecule has 1 saturated carbocycles. The second kappa shape index (κ2) is 8.42. The molecular weight excluding hydrogens is 250 g/mol. The number of methoxy groups -OCH3 is 1. The van der Waals surface area contributed by atoms with Crippen molar-refractivity contribution < 1.29 is 4.74 Å². The summed E-state index contributed by atoms with van der Waals surface area (Å²) in [4.78, 5) is 0. The van der Waals surface area contributed by atoms with E-state index >= 15 is 0 Å². The van der Waals surface area contributed by atoms with Gasteiger partial charge in [0.25, 0.3) is 0 Å². The predicted octanol–water partition coefficient (Wildman–Crippen LogP) is 3.29. The summed E-state index contributed by atoms with van der Waals surface area (Å²) in [5.41, 5.74) is 1.15. The lowest BCUT2D eigenvalue weighted by Crippen LogP contribution is -2.32. The number of aromatic nitrogens is 2. The zero-order valence-corrected chi connectivity index (χ0v) is 13.0. The van der Waals surface area contributed by atoms with Crippen molar-refractivity contribution in [2.24, 2.45) is 0 Å². The van der Waals surface area contributed by atoms with Crippen LogP contribution in [0.3, 0.4) is 0 Å². The van der Waals surface area contributed by atoms with Gasteiger partial charge in [-0.05, 0) is 25.3 Å². The van der Waals surface area contributed by atoms with Crippen molar-refractivity contribution in [3.05, 3.63) is 18.0 Å². The Morgan fingerprint density at radius 2 is 2.20 bits per heavy atom. The predicted molar refractivity (Wildman–Crippen MR) is 81.8 cm³/mol. The van der Waals surface area contributed by atoms with Crippen LogP contribution in [0.25, 0.3) is 0 Å². The van der Waals surface area contributed by atoms with E-state index in [0.29, 0.717) is 12.1 Å². The highest BCUT2D eigenvalue weighted by Gasteiger charge is 2.16. The average molecular weight is 279 g/mol. The monoisotopic (exact) mass is 279 g/mol. The summed E-state index contributed by atoms with van der Waals surface area (Å²) in [7, 11) is 1.77. The lowest BCUT2D eigenvalue weighted by Gasteiger charge is -2.22. The Kier molecular flexibility index (Phi) is 6.54. The Morgan fingerprint density at radius 1 is 1.40 bits per heavy atom. The zero-order valence-electron chi connectivity index (χ0n) is 13.0. The van der Waals surface area contributed by atoms with Gasteiger partial charge in [-0.2, -0.15) is 5.10 Å². The van der Waals surface area contributed by atoms with Crippen molar-refractivity contribution in [3.63, 3.8) is 0 Å². The molecule has 114 valence electrons. The Balaban J connectivity index is 1.82. The molecule has 20 heavy (non-hydrogen) atoms. The van der Waals surface area contributed by atoms with Crippen molar-refractivity contribution in [3.8, 4) is 0 Å². The first kappa shape index (κ1) is 15.5. The lowest BCUT2D eigenvalue weighted by molar-refractivity contribution is 0.161. The van der Waals surface area contributed by atoms with E-state index < -0.39 is 0 Å². The molecule has 1 heterocycles. The van der Waals surface area contributed by atoms with Crippen LogP contribution < -0.4 is 5.32 Å². The van der Waals surface area contributed by atoms with Gasteiger partial charge in [0, 0.05) is 25.9 Å². The molecule has 1 fully saturated rings. The summed E-state index contributed by atoms with van der Waals surface area (Å²) in [6.07, 6.45) is 11.1. The number of ether oxygens (including phenoxy) is 1.